The van der Waals surface area contributed by atoms with Crippen molar-refractivity contribution in [2.24, 2.45) is 0 Å². The maximum Gasteiger partial charge on any atom is 0.322 e. The van der Waals surface area contributed by atoms with Crippen molar-refractivity contribution >= 4 is 11.7 Å². The van der Waals surface area contributed by atoms with E-state index in [1.54, 1.807) is 23.4 Å². The molecule has 3 rings (SSSR count). The number of aryl methyl sites for hydroxylation is 2. The summed E-state index contributed by atoms with van der Waals surface area (Å²) in [5, 5.41) is 2.94. The molecule has 0 aromatic carbocycles. The highest BCUT2D eigenvalue weighted by molar-refractivity contribution is 5.90. The molecule has 2 amide bonds. The average molecular weight is 301 g/mol. The minimum atomic E-state index is -0.204. The number of urea groups is 1. The molecule has 2 aromatic heterocycles. The predicted molar refractivity (Wildman–Crippen MR) is 81.7 cm³/mol. The van der Waals surface area contributed by atoms with E-state index in [0.29, 0.717) is 19.8 Å². The van der Waals surface area contributed by atoms with Crippen LogP contribution in [0.1, 0.15) is 23.1 Å². The summed E-state index contributed by atoms with van der Waals surface area (Å²) < 4.78 is 11.2. The average Bonchev–Trinajstić information content (AvgIpc) is 2.96. The van der Waals surface area contributed by atoms with Crippen molar-refractivity contribution < 1.29 is 13.9 Å². The third-order valence-corrected chi connectivity index (χ3v) is 3.74. The number of hydrogen-bond donors (Lipinski definition) is 1. The lowest BCUT2D eigenvalue weighted by Crippen LogP contribution is -2.45. The van der Waals surface area contributed by atoms with Gasteiger partial charge in [-0.15, -0.1) is 0 Å². The number of furan rings is 1. The van der Waals surface area contributed by atoms with Crippen molar-refractivity contribution in [3.63, 3.8) is 0 Å². The van der Waals surface area contributed by atoms with Crippen LogP contribution in [0.15, 0.2) is 35.0 Å². The van der Waals surface area contributed by atoms with Gasteiger partial charge in [0.15, 0.2) is 0 Å². The summed E-state index contributed by atoms with van der Waals surface area (Å²) in [7, 11) is 0. The number of ether oxygens (including phenoxy) is 1. The first-order valence-electron chi connectivity index (χ1n) is 7.27. The van der Waals surface area contributed by atoms with Gasteiger partial charge in [-0.1, -0.05) is 0 Å². The Hall–Kier alpha value is -2.34. The van der Waals surface area contributed by atoms with Gasteiger partial charge in [0.2, 0.25) is 0 Å². The lowest BCUT2D eigenvalue weighted by Gasteiger charge is -2.34. The van der Waals surface area contributed by atoms with E-state index in [4.69, 9.17) is 9.15 Å². The maximum atomic E-state index is 12.6. The fourth-order valence-corrected chi connectivity index (χ4v) is 2.52. The molecule has 0 unspecified atom stereocenters. The smallest absolute Gasteiger partial charge is 0.322 e. The van der Waals surface area contributed by atoms with Gasteiger partial charge in [0.05, 0.1) is 13.2 Å². The zero-order chi connectivity index (χ0) is 15.5. The van der Waals surface area contributed by atoms with Gasteiger partial charge in [-0.25, -0.2) is 4.79 Å². The molecule has 6 nitrogen and oxygen atoms in total. The molecule has 1 fully saturated rings. The van der Waals surface area contributed by atoms with Gasteiger partial charge in [0, 0.05) is 24.6 Å². The van der Waals surface area contributed by atoms with E-state index in [-0.39, 0.29) is 12.1 Å². The molecule has 6 heteroatoms. The second kappa shape index (κ2) is 6.19. The van der Waals surface area contributed by atoms with Gasteiger partial charge < -0.3 is 19.4 Å². The number of rotatable bonds is 2. The zero-order valence-corrected chi connectivity index (χ0v) is 12.7. The first-order chi connectivity index (χ1) is 10.6. The normalized spacial score (nSPS) is 18.3. The largest absolute Gasteiger partial charge is 0.464 e. The van der Waals surface area contributed by atoms with E-state index in [1.165, 1.54) is 0 Å². The van der Waals surface area contributed by atoms with Crippen molar-refractivity contribution in [1.82, 2.24) is 9.88 Å². The third kappa shape index (κ3) is 2.96. The Kier molecular flexibility index (Phi) is 4.11. The lowest BCUT2D eigenvalue weighted by atomic mass is 10.2. The van der Waals surface area contributed by atoms with Gasteiger partial charge in [0.25, 0.3) is 0 Å². The van der Waals surface area contributed by atoms with Crippen LogP contribution < -0.4 is 5.32 Å². The van der Waals surface area contributed by atoms with Crippen molar-refractivity contribution in [1.29, 1.82) is 0 Å². The summed E-state index contributed by atoms with van der Waals surface area (Å²) in [5.41, 5.74) is 1.69. The SMILES string of the molecule is Cc1ccc([C@H]2COCCN2C(=O)Nc2ccncc2C)o1. The number of amides is 2. The van der Waals surface area contributed by atoms with Gasteiger partial charge >= 0.3 is 6.03 Å². The number of aromatic nitrogens is 1. The van der Waals surface area contributed by atoms with E-state index in [1.807, 2.05) is 26.0 Å². The molecular formula is C16H19N3O3. The minimum absolute atomic E-state index is 0.156. The highest BCUT2D eigenvalue weighted by atomic mass is 16.5. The van der Waals surface area contributed by atoms with Crippen LogP contribution in [-0.4, -0.2) is 35.7 Å². The Morgan fingerprint density at radius 2 is 2.23 bits per heavy atom. The highest BCUT2D eigenvalue weighted by Crippen LogP contribution is 2.26. The second-order valence-corrected chi connectivity index (χ2v) is 5.35. The number of carbonyl (C=O) groups excluding carboxylic acids is 1. The number of nitrogens with zero attached hydrogens (tertiary/aromatic N) is 2. The topological polar surface area (TPSA) is 67.6 Å². The van der Waals surface area contributed by atoms with Crippen LogP contribution in [0.2, 0.25) is 0 Å². The fourth-order valence-electron chi connectivity index (χ4n) is 2.52. The predicted octanol–water partition coefficient (Wildman–Crippen LogP) is 2.90. The lowest BCUT2D eigenvalue weighted by molar-refractivity contribution is 0.00710. The van der Waals surface area contributed by atoms with Crippen molar-refractivity contribution in [3.05, 3.63) is 47.7 Å². The molecule has 1 atom stereocenters. The summed E-state index contributed by atoms with van der Waals surface area (Å²) >= 11 is 0. The Bertz CT molecular complexity index is 668. The molecule has 3 heterocycles. The molecule has 22 heavy (non-hydrogen) atoms. The number of pyridine rings is 1. The number of hydrogen-bond acceptors (Lipinski definition) is 4. The maximum absolute atomic E-state index is 12.6. The Morgan fingerprint density at radius 1 is 1.36 bits per heavy atom. The van der Waals surface area contributed by atoms with Crippen LogP contribution in [0.4, 0.5) is 10.5 Å². The monoisotopic (exact) mass is 301 g/mol. The van der Waals surface area contributed by atoms with E-state index >= 15 is 0 Å². The molecule has 1 aliphatic rings. The van der Waals surface area contributed by atoms with Crippen LogP contribution in [0.5, 0.6) is 0 Å². The summed E-state index contributed by atoms with van der Waals surface area (Å²) in [6.07, 6.45) is 3.39. The molecule has 1 aliphatic heterocycles. The van der Waals surface area contributed by atoms with Gasteiger partial charge in [-0.05, 0) is 37.6 Å². The van der Waals surface area contributed by atoms with Crippen molar-refractivity contribution in [3.8, 4) is 0 Å². The number of morpholine rings is 1. The molecule has 0 aliphatic carbocycles. The number of anilines is 1. The van der Waals surface area contributed by atoms with Crippen LogP contribution in [0.25, 0.3) is 0 Å². The van der Waals surface area contributed by atoms with Crippen molar-refractivity contribution in [2.75, 3.05) is 25.1 Å². The minimum Gasteiger partial charge on any atom is -0.464 e. The summed E-state index contributed by atoms with van der Waals surface area (Å²) in [6.45, 7) is 5.29. The molecule has 2 aromatic rings. The number of carbonyl (C=O) groups is 1. The zero-order valence-electron chi connectivity index (χ0n) is 12.7. The Morgan fingerprint density at radius 3 is 2.95 bits per heavy atom. The van der Waals surface area contributed by atoms with Gasteiger partial charge in [-0.2, -0.15) is 0 Å². The quantitative estimate of drug-likeness (QED) is 0.926. The van der Waals surface area contributed by atoms with Gasteiger partial charge in [-0.3, -0.25) is 4.98 Å². The van der Waals surface area contributed by atoms with Crippen LogP contribution in [0.3, 0.4) is 0 Å². The molecule has 0 spiro atoms. The molecular weight excluding hydrogens is 282 g/mol. The molecule has 1 N–H and O–H groups in total. The summed E-state index contributed by atoms with van der Waals surface area (Å²) in [5.74, 6) is 1.57. The Labute approximate surface area is 129 Å². The second-order valence-electron chi connectivity index (χ2n) is 5.35. The highest BCUT2D eigenvalue weighted by Gasteiger charge is 2.31. The van der Waals surface area contributed by atoms with E-state index < -0.39 is 0 Å². The first kappa shape index (κ1) is 14.6. The van der Waals surface area contributed by atoms with Crippen LogP contribution >= 0.6 is 0 Å². The van der Waals surface area contributed by atoms with Gasteiger partial charge in [0.1, 0.15) is 17.6 Å². The molecule has 0 saturated carbocycles. The van der Waals surface area contributed by atoms with E-state index in [0.717, 1.165) is 22.8 Å². The molecule has 0 radical (unpaired) electrons. The molecule has 1 saturated heterocycles. The summed E-state index contributed by atoms with van der Waals surface area (Å²) in [4.78, 5) is 18.4. The van der Waals surface area contributed by atoms with Crippen LogP contribution in [0, 0.1) is 13.8 Å². The first-order valence-corrected chi connectivity index (χ1v) is 7.27. The van der Waals surface area contributed by atoms with E-state index in [2.05, 4.69) is 10.3 Å². The van der Waals surface area contributed by atoms with E-state index in [9.17, 15) is 4.79 Å². The van der Waals surface area contributed by atoms with Crippen molar-refractivity contribution in [2.45, 2.75) is 19.9 Å². The summed E-state index contributed by atoms with van der Waals surface area (Å²) in [6, 6.07) is 5.22. The van der Waals surface area contributed by atoms with Crippen LogP contribution in [-0.2, 0) is 4.74 Å². The number of nitrogens with one attached hydrogen (secondary N) is 1. The molecule has 0 bridgehead atoms. The standard InChI is InChI=1S/C16H19N3O3/c1-11-9-17-6-5-13(11)18-16(20)19-7-8-21-10-14(19)15-4-3-12(2)22-15/h3-6,9,14H,7-8,10H2,1-2H3,(H,17,18,20)/t14-/m1/s1. The molecule has 116 valence electrons. The Balaban J connectivity index is 1.78. The fraction of sp³-hybridized carbons (Fsp3) is 0.375. The third-order valence-electron chi connectivity index (χ3n) is 3.74.